The fraction of sp³-hybridized carbons (Fsp3) is 1.00. The first-order valence-corrected chi connectivity index (χ1v) is 8.17. The van der Waals surface area contributed by atoms with Crippen LogP contribution < -0.4 is 5.32 Å². The fourth-order valence-electron chi connectivity index (χ4n) is 4.88. The quantitative estimate of drug-likeness (QED) is 0.794. The van der Waals surface area contributed by atoms with Gasteiger partial charge in [0, 0.05) is 6.04 Å². The Balaban J connectivity index is 1.57. The monoisotopic (exact) mass is 249 g/mol. The predicted molar refractivity (Wildman–Crippen MR) is 77.5 cm³/mol. The van der Waals surface area contributed by atoms with Crippen LogP contribution in [0, 0.1) is 35.0 Å². The van der Waals surface area contributed by atoms with E-state index in [1.807, 2.05) is 0 Å². The van der Waals surface area contributed by atoms with Crippen LogP contribution in [0.5, 0.6) is 0 Å². The lowest BCUT2D eigenvalue weighted by Gasteiger charge is -2.55. The zero-order valence-electron chi connectivity index (χ0n) is 12.7. The summed E-state index contributed by atoms with van der Waals surface area (Å²) in [4.78, 5) is 0. The first-order valence-electron chi connectivity index (χ1n) is 8.17. The van der Waals surface area contributed by atoms with Crippen LogP contribution in [0.4, 0.5) is 0 Å². The Bertz CT molecular complexity index is 273. The molecule has 1 heteroatoms. The van der Waals surface area contributed by atoms with Gasteiger partial charge < -0.3 is 5.32 Å². The molecule has 0 radical (unpaired) electrons. The van der Waals surface area contributed by atoms with Gasteiger partial charge >= 0.3 is 0 Å². The Morgan fingerprint density at radius 3 is 1.89 bits per heavy atom. The molecule has 4 saturated carbocycles. The molecule has 1 unspecified atom stereocenters. The van der Waals surface area contributed by atoms with Gasteiger partial charge in [-0.25, -0.2) is 0 Å². The van der Waals surface area contributed by atoms with Crippen molar-refractivity contribution in [3.63, 3.8) is 0 Å². The summed E-state index contributed by atoms with van der Waals surface area (Å²) < 4.78 is 0. The van der Waals surface area contributed by atoms with E-state index in [1.165, 1.54) is 32.2 Å². The molecule has 4 aliphatic carbocycles. The molecule has 18 heavy (non-hydrogen) atoms. The summed E-state index contributed by atoms with van der Waals surface area (Å²) in [7, 11) is 0. The topological polar surface area (TPSA) is 12.0 Å². The van der Waals surface area contributed by atoms with Gasteiger partial charge in [0.05, 0.1) is 0 Å². The van der Waals surface area contributed by atoms with Crippen molar-refractivity contribution in [1.82, 2.24) is 5.32 Å². The summed E-state index contributed by atoms with van der Waals surface area (Å²) in [5.74, 6) is 5.02. The molecule has 4 aliphatic rings. The van der Waals surface area contributed by atoms with E-state index in [0.29, 0.717) is 5.41 Å². The summed E-state index contributed by atoms with van der Waals surface area (Å²) in [5, 5.41) is 3.97. The normalized spacial score (nSPS) is 44.3. The van der Waals surface area contributed by atoms with Crippen molar-refractivity contribution in [3.8, 4) is 0 Å². The molecule has 0 aromatic carbocycles. The average molecular weight is 249 g/mol. The Morgan fingerprint density at radius 1 is 0.944 bits per heavy atom. The molecule has 4 bridgehead atoms. The zero-order chi connectivity index (χ0) is 12.9. The Morgan fingerprint density at radius 2 is 1.44 bits per heavy atom. The smallest absolute Gasteiger partial charge is 0.0124 e. The molecular formula is C17H31N. The van der Waals surface area contributed by atoms with Crippen molar-refractivity contribution in [3.05, 3.63) is 0 Å². The molecule has 1 atom stereocenters. The highest BCUT2D eigenvalue weighted by Crippen LogP contribution is 2.53. The zero-order valence-corrected chi connectivity index (χ0v) is 12.7. The lowest BCUT2D eigenvalue weighted by Crippen LogP contribution is -2.55. The molecule has 0 heterocycles. The van der Waals surface area contributed by atoms with E-state index in [2.05, 4.69) is 33.0 Å². The van der Waals surface area contributed by atoms with Crippen LogP contribution in [0.1, 0.15) is 59.8 Å². The molecule has 0 amide bonds. The largest absolute Gasteiger partial charge is 0.313 e. The predicted octanol–water partition coefficient (Wildman–Crippen LogP) is 4.08. The Kier molecular flexibility index (Phi) is 3.25. The van der Waals surface area contributed by atoms with Crippen LogP contribution >= 0.6 is 0 Å². The molecule has 1 N–H and O–H groups in total. The standard InChI is InChI=1S/C17H31N/c1-11(17(2,3)4)10-18-16-14-6-12-5-13(8-14)9-15(16)7-12/h11-16,18H,5-10H2,1-4H3. The number of nitrogens with one attached hydrogen (secondary N) is 1. The van der Waals surface area contributed by atoms with E-state index in [4.69, 9.17) is 0 Å². The van der Waals surface area contributed by atoms with Crippen LogP contribution in [0.3, 0.4) is 0 Å². The summed E-state index contributed by atoms with van der Waals surface area (Å²) in [6.45, 7) is 10.7. The molecule has 0 spiro atoms. The lowest BCUT2D eigenvalue weighted by molar-refractivity contribution is -0.0160. The van der Waals surface area contributed by atoms with Gasteiger partial charge in [0.15, 0.2) is 0 Å². The highest BCUT2D eigenvalue weighted by molar-refractivity contribution is 5.01. The minimum atomic E-state index is 0.443. The molecule has 0 aliphatic heterocycles. The average Bonchev–Trinajstić information content (AvgIpc) is 2.25. The van der Waals surface area contributed by atoms with Crippen LogP contribution in [-0.4, -0.2) is 12.6 Å². The van der Waals surface area contributed by atoms with E-state index in [9.17, 15) is 0 Å². The Labute approximate surface area is 113 Å². The van der Waals surface area contributed by atoms with Crippen LogP contribution in [0.15, 0.2) is 0 Å². The van der Waals surface area contributed by atoms with Crippen molar-refractivity contribution in [2.45, 2.75) is 65.8 Å². The van der Waals surface area contributed by atoms with Gasteiger partial charge in [-0.2, -0.15) is 0 Å². The second-order valence-corrected chi connectivity index (χ2v) is 8.63. The van der Waals surface area contributed by atoms with Crippen LogP contribution in [0.2, 0.25) is 0 Å². The molecule has 1 nitrogen and oxygen atoms in total. The summed E-state index contributed by atoms with van der Waals surface area (Å²) in [6, 6.07) is 0.864. The van der Waals surface area contributed by atoms with Gasteiger partial charge in [0.2, 0.25) is 0 Å². The highest BCUT2D eigenvalue weighted by Gasteiger charge is 2.47. The van der Waals surface area contributed by atoms with Gasteiger partial charge in [-0.3, -0.25) is 0 Å². The SMILES string of the molecule is CC(CNC1C2CC3CC(C2)CC1C3)C(C)(C)C. The maximum Gasteiger partial charge on any atom is 0.0124 e. The molecule has 0 saturated heterocycles. The summed E-state index contributed by atoms with van der Waals surface area (Å²) in [6.07, 6.45) is 7.71. The molecule has 4 fully saturated rings. The summed E-state index contributed by atoms with van der Waals surface area (Å²) >= 11 is 0. The fourth-order valence-corrected chi connectivity index (χ4v) is 4.88. The van der Waals surface area contributed by atoms with E-state index in [-0.39, 0.29) is 0 Å². The molecular weight excluding hydrogens is 218 g/mol. The lowest BCUT2D eigenvalue weighted by atomic mass is 9.54. The second kappa shape index (κ2) is 4.51. The molecule has 104 valence electrons. The minimum Gasteiger partial charge on any atom is -0.313 e. The Hall–Kier alpha value is -0.0400. The van der Waals surface area contributed by atoms with Gasteiger partial charge in [0.25, 0.3) is 0 Å². The highest BCUT2D eigenvalue weighted by atomic mass is 14.9. The van der Waals surface area contributed by atoms with Gasteiger partial charge in [0.1, 0.15) is 0 Å². The third-order valence-electron chi connectivity index (χ3n) is 6.36. The number of hydrogen-bond donors (Lipinski definition) is 1. The molecule has 4 rings (SSSR count). The summed E-state index contributed by atoms with van der Waals surface area (Å²) in [5.41, 5.74) is 0.443. The van der Waals surface area contributed by atoms with Crippen molar-refractivity contribution in [2.75, 3.05) is 6.54 Å². The van der Waals surface area contributed by atoms with E-state index < -0.39 is 0 Å². The van der Waals surface area contributed by atoms with Crippen LogP contribution in [-0.2, 0) is 0 Å². The van der Waals surface area contributed by atoms with E-state index in [1.54, 1.807) is 6.42 Å². The van der Waals surface area contributed by atoms with E-state index >= 15 is 0 Å². The second-order valence-electron chi connectivity index (χ2n) is 8.63. The number of hydrogen-bond acceptors (Lipinski definition) is 1. The number of rotatable bonds is 3. The maximum atomic E-state index is 3.97. The van der Waals surface area contributed by atoms with Gasteiger partial charge in [-0.15, -0.1) is 0 Å². The van der Waals surface area contributed by atoms with E-state index in [0.717, 1.165) is 35.6 Å². The van der Waals surface area contributed by atoms with Crippen molar-refractivity contribution < 1.29 is 0 Å². The van der Waals surface area contributed by atoms with Crippen molar-refractivity contribution in [2.24, 2.45) is 35.0 Å². The third-order valence-corrected chi connectivity index (χ3v) is 6.36. The first kappa shape index (κ1) is 13.0. The maximum absolute atomic E-state index is 3.97. The molecule has 0 aromatic rings. The molecule has 0 aromatic heterocycles. The van der Waals surface area contributed by atoms with Crippen molar-refractivity contribution >= 4 is 0 Å². The van der Waals surface area contributed by atoms with Crippen molar-refractivity contribution in [1.29, 1.82) is 0 Å². The third kappa shape index (κ3) is 2.35. The minimum absolute atomic E-state index is 0.443. The van der Waals surface area contributed by atoms with Crippen LogP contribution in [0.25, 0.3) is 0 Å². The van der Waals surface area contributed by atoms with Gasteiger partial charge in [-0.1, -0.05) is 27.7 Å². The first-order chi connectivity index (χ1) is 8.43. The van der Waals surface area contributed by atoms with Gasteiger partial charge in [-0.05, 0) is 73.7 Å².